The van der Waals surface area contributed by atoms with Crippen LogP contribution in [0.2, 0.25) is 0 Å². The van der Waals surface area contributed by atoms with E-state index in [0.717, 1.165) is 12.2 Å². The van der Waals surface area contributed by atoms with Gasteiger partial charge in [-0.15, -0.1) is 0 Å². The number of rotatable bonds is 10. The highest BCUT2D eigenvalue weighted by atomic mass is 32.2. The Morgan fingerprint density at radius 2 is 2.10 bits per heavy atom. The first-order valence-electron chi connectivity index (χ1n) is 7.31. The molecular formula is C14H27N3O3S. The summed E-state index contributed by atoms with van der Waals surface area (Å²) in [4.78, 5) is 0.322. The van der Waals surface area contributed by atoms with Crippen LogP contribution in [0.1, 0.15) is 32.9 Å². The summed E-state index contributed by atoms with van der Waals surface area (Å²) in [7, 11) is -1.84. The summed E-state index contributed by atoms with van der Waals surface area (Å²) in [6, 6.07) is 2.09. The molecule has 0 aliphatic rings. The van der Waals surface area contributed by atoms with Gasteiger partial charge in [-0.25, -0.2) is 13.1 Å². The summed E-state index contributed by atoms with van der Waals surface area (Å²) < 4.78 is 33.9. The fraction of sp³-hybridized carbons (Fsp3) is 0.714. The van der Waals surface area contributed by atoms with Crippen molar-refractivity contribution in [2.45, 2.75) is 51.2 Å². The van der Waals surface area contributed by atoms with Crippen molar-refractivity contribution in [2.24, 2.45) is 0 Å². The third-order valence-corrected chi connectivity index (χ3v) is 4.55. The molecule has 0 fully saturated rings. The lowest BCUT2D eigenvalue weighted by Gasteiger charge is -2.09. The molecule has 1 aromatic heterocycles. The number of aromatic nitrogens is 1. The van der Waals surface area contributed by atoms with Crippen LogP contribution in [0.5, 0.6) is 0 Å². The quantitative estimate of drug-likeness (QED) is 0.639. The van der Waals surface area contributed by atoms with Gasteiger partial charge >= 0.3 is 0 Å². The molecule has 1 aromatic rings. The van der Waals surface area contributed by atoms with Crippen LogP contribution in [-0.4, -0.2) is 39.3 Å². The Morgan fingerprint density at radius 3 is 2.67 bits per heavy atom. The molecule has 0 saturated carbocycles. The molecule has 122 valence electrons. The highest BCUT2D eigenvalue weighted by molar-refractivity contribution is 7.89. The fourth-order valence-corrected chi connectivity index (χ4v) is 3.07. The van der Waals surface area contributed by atoms with Crippen LogP contribution in [0.3, 0.4) is 0 Å². The molecule has 7 heteroatoms. The topological polar surface area (TPSA) is 72.4 Å². The number of hydrogen-bond donors (Lipinski definition) is 2. The zero-order chi connectivity index (χ0) is 15.9. The van der Waals surface area contributed by atoms with E-state index in [2.05, 4.69) is 23.9 Å². The van der Waals surface area contributed by atoms with Gasteiger partial charge in [-0.1, -0.05) is 13.8 Å². The van der Waals surface area contributed by atoms with Crippen molar-refractivity contribution in [3.8, 4) is 0 Å². The molecule has 6 nitrogen and oxygen atoms in total. The summed E-state index contributed by atoms with van der Waals surface area (Å²) in [5.41, 5.74) is 0.975. The van der Waals surface area contributed by atoms with E-state index in [0.29, 0.717) is 37.1 Å². The lowest BCUT2D eigenvalue weighted by molar-refractivity contribution is 0.196. The van der Waals surface area contributed by atoms with Crippen molar-refractivity contribution in [1.82, 2.24) is 14.6 Å². The van der Waals surface area contributed by atoms with Crippen LogP contribution in [0.25, 0.3) is 0 Å². The zero-order valence-corrected chi connectivity index (χ0v) is 14.2. The van der Waals surface area contributed by atoms with Crippen molar-refractivity contribution < 1.29 is 13.2 Å². The smallest absolute Gasteiger partial charge is 0.242 e. The lowest BCUT2D eigenvalue weighted by Crippen LogP contribution is -2.25. The van der Waals surface area contributed by atoms with Crippen LogP contribution >= 0.6 is 0 Å². The van der Waals surface area contributed by atoms with Gasteiger partial charge in [0.25, 0.3) is 0 Å². The van der Waals surface area contributed by atoms with Crippen molar-refractivity contribution >= 4 is 10.0 Å². The molecule has 0 unspecified atom stereocenters. The Hall–Kier alpha value is -0.890. The Kier molecular flexibility index (Phi) is 7.37. The first-order valence-corrected chi connectivity index (χ1v) is 8.80. The molecule has 0 aliphatic heterocycles. The molecule has 0 amide bonds. The number of nitrogens with zero attached hydrogens (tertiary/aromatic N) is 1. The van der Waals surface area contributed by atoms with Gasteiger partial charge in [0, 0.05) is 51.3 Å². The molecule has 0 bridgehead atoms. The number of aryl methyl sites for hydroxylation is 1. The molecule has 1 heterocycles. The van der Waals surface area contributed by atoms with Crippen LogP contribution in [0, 0.1) is 0 Å². The molecule has 0 aliphatic carbocycles. The molecule has 0 atom stereocenters. The van der Waals surface area contributed by atoms with Crippen LogP contribution < -0.4 is 10.0 Å². The fourth-order valence-electron chi connectivity index (χ4n) is 1.93. The van der Waals surface area contributed by atoms with E-state index in [9.17, 15) is 8.42 Å². The summed E-state index contributed by atoms with van der Waals surface area (Å²) in [5, 5.41) is 3.31. The molecule has 1 rings (SSSR count). The van der Waals surface area contributed by atoms with E-state index < -0.39 is 10.0 Å². The van der Waals surface area contributed by atoms with E-state index >= 15 is 0 Å². The molecule has 21 heavy (non-hydrogen) atoms. The van der Waals surface area contributed by atoms with Crippen LogP contribution in [0.4, 0.5) is 0 Å². The number of nitrogens with one attached hydrogen (secondary N) is 2. The number of sulfonamides is 1. The summed E-state index contributed by atoms with van der Waals surface area (Å²) >= 11 is 0. The molecule has 0 radical (unpaired) electrons. The predicted octanol–water partition coefficient (Wildman–Crippen LogP) is 1.32. The second-order valence-corrected chi connectivity index (χ2v) is 7.00. The predicted molar refractivity (Wildman–Crippen MR) is 83.8 cm³/mol. The molecular weight excluding hydrogens is 290 g/mol. The summed E-state index contributed by atoms with van der Waals surface area (Å²) in [5.74, 6) is 0. The first-order chi connectivity index (χ1) is 9.90. The SMILES string of the molecule is CCn1cc(S(=O)(=O)NCCCOC)cc1CNC(C)C. The highest BCUT2D eigenvalue weighted by Gasteiger charge is 2.17. The average molecular weight is 317 g/mol. The number of ether oxygens (including phenoxy) is 1. The van der Waals surface area contributed by atoms with Crippen molar-refractivity contribution in [3.63, 3.8) is 0 Å². The second-order valence-electron chi connectivity index (χ2n) is 5.23. The van der Waals surface area contributed by atoms with Gasteiger partial charge < -0.3 is 14.6 Å². The molecule has 0 spiro atoms. The molecule has 0 saturated heterocycles. The van der Waals surface area contributed by atoms with E-state index in [-0.39, 0.29) is 0 Å². The maximum absolute atomic E-state index is 12.2. The molecule has 2 N–H and O–H groups in total. The lowest BCUT2D eigenvalue weighted by atomic mass is 10.3. The van der Waals surface area contributed by atoms with Gasteiger partial charge in [-0.3, -0.25) is 0 Å². The standard InChI is InChI=1S/C14H27N3O3S/c1-5-17-11-14(9-13(17)10-15-12(2)3)21(18,19)16-7-6-8-20-4/h9,11-12,15-16H,5-8,10H2,1-4H3. The maximum Gasteiger partial charge on any atom is 0.242 e. The number of hydrogen-bond acceptors (Lipinski definition) is 4. The van der Waals surface area contributed by atoms with E-state index in [1.807, 2.05) is 11.5 Å². The normalized spacial score (nSPS) is 12.2. The second kappa shape index (κ2) is 8.53. The van der Waals surface area contributed by atoms with E-state index in [1.165, 1.54) is 0 Å². The van der Waals surface area contributed by atoms with Crippen LogP contribution in [0.15, 0.2) is 17.2 Å². The summed E-state index contributed by atoms with van der Waals surface area (Å²) in [6.07, 6.45) is 2.35. The van der Waals surface area contributed by atoms with Crippen molar-refractivity contribution in [2.75, 3.05) is 20.3 Å². The molecule has 0 aromatic carbocycles. The van der Waals surface area contributed by atoms with Gasteiger partial charge in [0.05, 0.1) is 4.90 Å². The Labute approximate surface area is 127 Å². The van der Waals surface area contributed by atoms with E-state index in [1.54, 1.807) is 19.4 Å². The Balaban J connectivity index is 2.77. The van der Waals surface area contributed by atoms with Gasteiger partial charge in [-0.2, -0.15) is 0 Å². The third kappa shape index (κ3) is 5.78. The Bertz CT molecular complexity index is 524. The van der Waals surface area contributed by atoms with Crippen molar-refractivity contribution in [1.29, 1.82) is 0 Å². The van der Waals surface area contributed by atoms with E-state index in [4.69, 9.17) is 4.74 Å². The average Bonchev–Trinajstić information content (AvgIpc) is 2.85. The monoisotopic (exact) mass is 317 g/mol. The highest BCUT2D eigenvalue weighted by Crippen LogP contribution is 2.14. The maximum atomic E-state index is 12.2. The van der Waals surface area contributed by atoms with Gasteiger partial charge in [0.15, 0.2) is 0 Å². The minimum atomic E-state index is -3.45. The van der Waals surface area contributed by atoms with Gasteiger partial charge in [0.1, 0.15) is 0 Å². The minimum absolute atomic E-state index is 0.322. The number of methoxy groups -OCH3 is 1. The van der Waals surface area contributed by atoms with Gasteiger partial charge in [-0.05, 0) is 19.4 Å². The Morgan fingerprint density at radius 1 is 1.38 bits per heavy atom. The van der Waals surface area contributed by atoms with Gasteiger partial charge in [0.2, 0.25) is 10.0 Å². The van der Waals surface area contributed by atoms with Crippen molar-refractivity contribution in [3.05, 3.63) is 18.0 Å². The minimum Gasteiger partial charge on any atom is -0.385 e. The zero-order valence-electron chi connectivity index (χ0n) is 13.3. The third-order valence-electron chi connectivity index (χ3n) is 3.12. The largest absolute Gasteiger partial charge is 0.385 e. The summed E-state index contributed by atoms with van der Waals surface area (Å²) in [6.45, 7) is 8.46. The first kappa shape index (κ1) is 18.2. The van der Waals surface area contributed by atoms with Crippen LogP contribution in [-0.2, 0) is 27.8 Å².